The van der Waals surface area contributed by atoms with E-state index in [2.05, 4.69) is 25.8 Å². The normalized spacial score (nSPS) is 23.5. The van der Waals surface area contributed by atoms with Crippen LogP contribution in [0, 0.1) is 24.7 Å². The van der Waals surface area contributed by atoms with E-state index in [1.54, 1.807) is 29.8 Å². The van der Waals surface area contributed by atoms with E-state index in [-0.39, 0.29) is 56.1 Å². The smallest absolute Gasteiger partial charge is 0.274 e. The Balaban J connectivity index is 1.25. The number of carbonyl (C=O) groups is 2. The molecule has 3 atom stereocenters. The number of nitrogens with one attached hydrogen (secondary N) is 2. The lowest BCUT2D eigenvalue weighted by Crippen LogP contribution is -2.37. The summed E-state index contributed by atoms with van der Waals surface area (Å²) in [6.07, 6.45) is 5.94. The molecule has 6 rings (SSSR count). The van der Waals surface area contributed by atoms with E-state index >= 15 is 0 Å². The van der Waals surface area contributed by atoms with Crippen molar-refractivity contribution in [1.29, 1.82) is 0 Å². The van der Waals surface area contributed by atoms with Crippen LogP contribution < -0.4 is 10.6 Å². The van der Waals surface area contributed by atoms with Gasteiger partial charge in [-0.25, -0.2) is 27.5 Å². The lowest BCUT2D eigenvalue weighted by atomic mass is 9.81. The number of alkyl halides is 4. The molecule has 9 nitrogen and oxygen atoms in total. The molecule has 0 radical (unpaired) electrons. The third-order valence-electron chi connectivity index (χ3n) is 8.28. The van der Waals surface area contributed by atoms with Gasteiger partial charge in [0.15, 0.2) is 5.69 Å². The average Bonchev–Trinajstić information content (AvgIpc) is 3.72. The van der Waals surface area contributed by atoms with E-state index in [0.717, 1.165) is 12.8 Å². The predicted molar refractivity (Wildman–Crippen MR) is 133 cm³/mol. The van der Waals surface area contributed by atoms with E-state index in [4.69, 9.17) is 4.52 Å². The van der Waals surface area contributed by atoms with Crippen LogP contribution in [0.4, 0.5) is 17.6 Å². The zero-order valence-corrected chi connectivity index (χ0v) is 21.9. The number of halogens is 4. The molecule has 2 unspecified atom stereocenters. The van der Waals surface area contributed by atoms with E-state index < -0.39 is 41.7 Å². The summed E-state index contributed by atoms with van der Waals surface area (Å²) in [7, 11) is 0. The zero-order valence-electron chi connectivity index (χ0n) is 21.9. The number of aromatic nitrogens is 4. The Morgan fingerprint density at radius 1 is 1.05 bits per heavy atom. The molecule has 3 aliphatic carbocycles. The molecule has 3 fully saturated rings. The number of fused-ring (bicyclic) bond motifs is 1. The van der Waals surface area contributed by atoms with Gasteiger partial charge >= 0.3 is 0 Å². The monoisotopic (exact) mass is 562 g/mol. The maximum absolute atomic E-state index is 13.9. The number of aryl methyl sites for hydroxylation is 1. The van der Waals surface area contributed by atoms with Crippen LogP contribution in [-0.4, -0.2) is 43.2 Å². The van der Waals surface area contributed by atoms with Crippen LogP contribution in [0.15, 0.2) is 29.2 Å². The van der Waals surface area contributed by atoms with Crippen molar-refractivity contribution in [3.63, 3.8) is 0 Å². The van der Waals surface area contributed by atoms with Gasteiger partial charge in [-0.15, -0.1) is 0 Å². The second kappa shape index (κ2) is 9.84. The van der Waals surface area contributed by atoms with Crippen LogP contribution in [0.3, 0.4) is 0 Å². The Bertz CT molecular complexity index is 1420. The number of carbonyl (C=O) groups excluding carboxylic acids is 2. The molecule has 3 heterocycles. The van der Waals surface area contributed by atoms with Gasteiger partial charge in [0.1, 0.15) is 6.26 Å². The second-order valence-electron chi connectivity index (χ2n) is 11.5. The Kier molecular flexibility index (Phi) is 6.57. The Labute approximate surface area is 227 Å². The predicted octanol–water partition coefficient (Wildman–Crippen LogP) is 4.93. The summed E-state index contributed by atoms with van der Waals surface area (Å²) in [6, 6.07) is 0.668. The summed E-state index contributed by atoms with van der Waals surface area (Å²) in [5, 5.41) is 9.58. The van der Waals surface area contributed by atoms with E-state index in [1.807, 2.05) is 0 Å². The van der Waals surface area contributed by atoms with E-state index in [1.165, 1.54) is 6.26 Å². The molecular weight excluding hydrogens is 532 g/mol. The first-order valence-corrected chi connectivity index (χ1v) is 13.6. The van der Waals surface area contributed by atoms with Crippen molar-refractivity contribution in [3.05, 3.63) is 47.4 Å². The number of imidazole rings is 1. The number of nitrogens with zero attached hydrogens (tertiary/aromatic N) is 4. The van der Waals surface area contributed by atoms with Crippen LogP contribution in [-0.2, 0) is 4.79 Å². The van der Waals surface area contributed by atoms with Crippen LogP contribution in [0.2, 0.25) is 0 Å². The molecule has 0 bridgehead atoms. The Hall–Kier alpha value is -3.51. The molecule has 0 spiro atoms. The molecule has 2 amide bonds. The Morgan fingerprint density at radius 2 is 1.70 bits per heavy atom. The number of rotatable bonds is 9. The highest BCUT2D eigenvalue weighted by Gasteiger charge is 2.57. The minimum Gasteiger partial charge on any atom is -0.364 e. The highest BCUT2D eigenvalue weighted by molar-refractivity contribution is 5.93. The number of hydrogen-bond acceptors (Lipinski definition) is 6. The summed E-state index contributed by atoms with van der Waals surface area (Å²) < 4.78 is 61.0. The molecule has 0 aromatic carbocycles. The summed E-state index contributed by atoms with van der Waals surface area (Å²) in [5.41, 5.74) is 1.70. The minimum atomic E-state index is -2.76. The fourth-order valence-corrected chi connectivity index (χ4v) is 5.58. The maximum atomic E-state index is 13.9. The fourth-order valence-electron chi connectivity index (χ4n) is 5.58. The van der Waals surface area contributed by atoms with Gasteiger partial charge in [-0.2, -0.15) is 0 Å². The first kappa shape index (κ1) is 26.7. The average molecular weight is 563 g/mol. The van der Waals surface area contributed by atoms with Crippen molar-refractivity contribution in [2.24, 2.45) is 17.8 Å². The number of hydrogen-bond donors (Lipinski definition) is 2. The molecule has 40 heavy (non-hydrogen) atoms. The van der Waals surface area contributed by atoms with Crippen molar-refractivity contribution in [1.82, 2.24) is 30.2 Å². The van der Waals surface area contributed by atoms with Gasteiger partial charge in [0.2, 0.25) is 17.6 Å². The van der Waals surface area contributed by atoms with Crippen LogP contribution >= 0.6 is 0 Å². The third kappa shape index (κ3) is 5.55. The topological polar surface area (TPSA) is 114 Å². The van der Waals surface area contributed by atoms with Gasteiger partial charge < -0.3 is 15.2 Å². The second-order valence-corrected chi connectivity index (χ2v) is 11.5. The van der Waals surface area contributed by atoms with Crippen LogP contribution in [0.1, 0.15) is 90.9 Å². The van der Waals surface area contributed by atoms with Crippen molar-refractivity contribution >= 4 is 17.6 Å². The highest BCUT2D eigenvalue weighted by atomic mass is 19.3. The van der Waals surface area contributed by atoms with Crippen molar-refractivity contribution in [3.8, 4) is 0 Å². The summed E-state index contributed by atoms with van der Waals surface area (Å²) in [4.78, 5) is 34.8. The van der Waals surface area contributed by atoms with Gasteiger partial charge in [-0.1, -0.05) is 5.16 Å². The van der Waals surface area contributed by atoms with Crippen LogP contribution in [0.25, 0.3) is 5.78 Å². The van der Waals surface area contributed by atoms with Gasteiger partial charge in [0.25, 0.3) is 11.8 Å². The molecule has 13 heteroatoms. The Morgan fingerprint density at radius 3 is 2.33 bits per heavy atom. The highest BCUT2D eigenvalue weighted by Crippen LogP contribution is 2.51. The van der Waals surface area contributed by atoms with Crippen molar-refractivity contribution < 1.29 is 31.7 Å². The number of amides is 2. The van der Waals surface area contributed by atoms with Crippen molar-refractivity contribution in [2.45, 2.75) is 82.2 Å². The lowest BCUT2D eigenvalue weighted by molar-refractivity contribution is -0.123. The van der Waals surface area contributed by atoms with E-state index in [9.17, 15) is 27.2 Å². The van der Waals surface area contributed by atoms with Gasteiger partial charge in [-0.05, 0) is 50.5 Å². The van der Waals surface area contributed by atoms with Gasteiger partial charge in [-0.3, -0.25) is 14.0 Å². The SMILES string of the molecule is Cc1conc1C(=O)NC(c1cn2ccc(C(NC(=O)C[C@@H]3CC3(F)F)C3CC3)nc2n1)C1CCC(F)(F)CC1. The zero-order chi connectivity index (χ0) is 28.2. The van der Waals surface area contributed by atoms with Gasteiger partial charge in [0.05, 0.1) is 23.5 Å². The summed E-state index contributed by atoms with van der Waals surface area (Å²) >= 11 is 0. The standard InChI is InChI=1S/C27H30F4N6O3/c1-14-13-40-36-21(14)24(39)35-23(16-4-7-26(28,29)8-5-16)19-12-37-9-6-18(32-25(37)33-19)22(15-2-3-15)34-20(38)10-17-11-27(17,30)31/h6,9,12-13,15-17,22-23H,2-5,7-8,10-11H2,1H3,(H,34,38)(H,35,39)/t17-,22?,23?/m1/s1. The lowest BCUT2D eigenvalue weighted by Gasteiger charge is -2.33. The van der Waals surface area contributed by atoms with E-state index in [0.29, 0.717) is 22.7 Å². The molecule has 3 aromatic rings. The quantitative estimate of drug-likeness (QED) is 0.358. The molecule has 0 aliphatic heterocycles. The minimum absolute atomic E-state index is 0.113. The molecule has 2 N–H and O–H groups in total. The first-order chi connectivity index (χ1) is 19.0. The third-order valence-corrected chi connectivity index (χ3v) is 8.28. The van der Waals surface area contributed by atoms with Gasteiger partial charge in [0, 0.05) is 49.6 Å². The fraction of sp³-hybridized carbons (Fsp3) is 0.593. The molecule has 0 saturated heterocycles. The summed E-state index contributed by atoms with van der Waals surface area (Å²) in [5.74, 6) is -7.12. The molecule has 3 aliphatic rings. The molecular formula is C27H30F4N6O3. The largest absolute Gasteiger partial charge is 0.364 e. The van der Waals surface area contributed by atoms with Crippen LogP contribution in [0.5, 0.6) is 0 Å². The molecule has 3 saturated carbocycles. The summed E-state index contributed by atoms with van der Waals surface area (Å²) in [6.45, 7) is 1.68. The van der Waals surface area contributed by atoms with Crippen molar-refractivity contribution in [2.75, 3.05) is 0 Å². The maximum Gasteiger partial charge on any atom is 0.274 e. The molecule has 214 valence electrons. The molecule has 3 aromatic heterocycles. The first-order valence-electron chi connectivity index (χ1n) is 13.6.